The molecule has 0 aliphatic carbocycles. The van der Waals surface area contributed by atoms with Crippen molar-refractivity contribution < 1.29 is 18.5 Å². The van der Waals surface area contributed by atoms with Crippen molar-refractivity contribution in [2.24, 2.45) is 0 Å². The minimum Gasteiger partial charge on any atom is -0.289 e. The van der Waals surface area contributed by atoms with E-state index < -0.39 is 77.3 Å². The van der Waals surface area contributed by atoms with Crippen LogP contribution in [0.15, 0.2) is 60.4 Å². The van der Waals surface area contributed by atoms with E-state index in [0.29, 0.717) is 0 Å². The lowest BCUT2D eigenvalue weighted by Gasteiger charge is -1.99. The fraction of sp³-hybridized carbons (Fsp3) is 0. The molecule has 2 aromatic carbocycles. The average Bonchev–Trinajstić information content (AvgIpc) is 2.55. The Kier molecular flexibility index (Phi) is 0.775. The molecule has 0 amide bonds. The van der Waals surface area contributed by atoms with E-state index in [2.05, 4.69) is 0 Å². The van der Waals surface area contributed by atoms with Crippen LogP contribution in [0.2, 0.25) is 0 Å². The van der Waals surface area contributed by atoms with Crippen molar-refractivity contribution in [1.82, 2.24) is 0 Å². The number of ketones is 1. The molecule has 0 heterocycles. The van der Waals surface area contributed by atoms with E-state index in [-0.39, 0.29) is 0 Å². The molecule has 1 nitrogen and oxygen atoms in total. The highest BCUT2D eigenvalue weighted by atomic mass is 16.1. The van der Waals surface area contributed by atoms with Crippen LogP contribution in [-0.4, -0.2) is 5.78 Å². The van der Waals surface area contributed by atoms with Gasteiger partial charge in [-0.15, -0.1) is 0 Å². The molecule has 2 aromatic rings. The van der Waals surface area contributed by atoms with Crippen molar-refractivity contribution in [3.05, 3.63) is 71.6 Å². The van der Waals surface area contributed by atoms with E-state index >= 15 is 0 Å². The summed E-state index contributed by atoms with van der Waals surface area (Å²) in [5.41, 5.74) is -1.47. The molecule has 0 aromatic heterocycles. The van der Waals surface area contributed by atoms with Crippen LogP contribution in [0.4, 0.5) is 0 Å². The van der Waals surface area contributed by atoms with Crippen molar-refractivity contribution >= 4 is 5.78 Å². The summed E-state index contributed by atoms with van der Waals surface area (Å²) in [6, 6.07) is -7.53. The largest absolute Gasteiger partial charge is 0.289 e. The summed E-state index contributed by atoms with van der Waals surface area (Å²) in [4.78, 5) is 12.6. The van der Waals surface area contributed by atoms with Crippen LogP contribution in [0.3, 0.4) is 0 Å². The topological polar surface area (TPSA) is 17.1 Å². The molecule has 0 bridgehead atoms. The first-order valence-corrected chi connectivity index (χ1v) is 3.70. The van der Waals surface area contributed by atoms with E-state index in [9.17, 15) is 4.79 Å². The van der Waals surface area contributed by atoms with Crippen LogP contribution in [0.1, 0.15) is 29.6 Å². The predicted molar refractivity (Wildman–Crippen MR) is 56.3 cm³/mol. The SMILES string of the molecule is [2H]c1c([2H])c([2H])c(C(=O)c2c([2H])c([2H])c([2H])c([2H])c2[2H])c([2H])c1[2H]. The van der Waals surface area contributed by atoms with Crippen molar-refractivity contribution in [3.8, 4) is 0 Å². The van der Waals surface area contributed by atoms with E-state index in [1.165, 1.54) is 0 Å². The fourth-order valence-corrected chi connectivity index (χ4v) is 0.852. The highest BCUT2D eigenvalue weighted by Crippen LogP contribution is 2.08. The number of benzene rings is 2. The van der Waals surface area contributed by atoms with Crippen LogP contribution in [0.5, 0.6) is 0 Å². The Morgan fingerprint density at radius 1 is 0.786 bits per heavy atom. The van der Waals surface area contributed by atoms with Gasteiger partial charge in [-0.05, 0) is 0 Å². The highest BCUT2D eigenvalue weighted by Gasteiger charge is 2.06. The molecule has 14 heavy (non-hydrogen) atoms. The second-order valence-corrected chi connectivity index (χ2v) is 2.33. The number of carbonyl (C=O) groups is 1. The molecule has 0 atom stereocenters. The Morgan fingerprint density at radius 2 is 1.14 bits per heavy atom. The van der Waals surface area contributed by atoms with Crippen LogP contribution in [0, 0.1) is 0 Å². The summed E-state index contributed by atoms with van der Waals surface area (Å²) in [6.45, 7) is 0. The lowest BCUT2D eigenvalue weighted by molar-refractivity contribution is 0.103. The van der Waals surface area contributed by atoms with Gasteiger partial charge in [0.25, 0.3) is 0 Å². The number of hydrogen-bond acceptors (Lipinski definition) is 1. The van der Waals surface area contributed by atoms with Crippen LogP contribution in [0.25, 0.3) is 0 Å². The van der Waals surface area contributed by atoms with Gasteiger partial charge in [0.1, 0.15) is 0 Å². The summed E-state index contributed by atoms with van der Waals surface area (Å²) in [5, 5.41) is 0. The molecule has 0 saturated heterocycles. The van der Waals surface area contributed by atoms with Gasteiger partial charge in [0.15, 0.2) is 5.78 Å². The molecule has 0 aliphatic rings. The highest BCUT2D eigenvalue weighted by molar-refractivity contribution is 6.08. The molecule has 0 fully saturated rings. The molecule has 0 N–H and O–H groups in total. The Labute approximate surface area is 97.1 Å². The average molecular weight is 192 g/mol. The fourth-order valence-electron chi connectivity index (χ4n) is 0.852. The van der Waals surface area contributed by atoms with Gasteiger partial charge < -0.3 is 0 Å². The normalized spacial score (nSPS) is 19.7. The molecule has 0 saturated carbocycles. The Bertz CT molecular complexity index is 760. The molecular weight excluding hydrogens is 172 g/mol. The van der Waals surface area contributed by atoms with Gasteiger partial charge in [-0.25, -0.2) is 0 Å². The summed E-state index contributed by atoms with van der Waals surface area (Å²) >= 11 is 0. The van der Waals surface area contributed by atoms with Crippen molar-refractivity contribution in [3.63, 3.8) is 0 Å². The third-order valence-electron chi connectivity index (χ3n) is 1.45. The van der Waals surface area contributed by atoms with Crippen molar-refractivity contribution in [1.29, 1.82) is 0 Å². The van der Waals surface area contributed by atoms with Gasteiger partial charge >= 0.3 is 0 Å². The van der Waals surface area contributed by atoms with E-state index in [1.54, 1.807) is 0 Å². The van der Waals surface area contributed by atoms with E-state index in [1.807, 2.05) is 0 Å². The van der Waals surface area contributed by atoms with E-state index in [4.69, 9.17) is 13.7 Å². The quantitative estimate of drug-likeness (QED) is 0.669. The number of rotatable bonds is 2. The minimum absolute atomic E-state index is 0.692. The number of carbonyl (C=O) groups excluding carboxylic acids is 1. The maximum Gasteiger partial charge on any atom is 0.193 e. The molecule has 0 radical (unpaired) electrons. The Balaban J connectivity index is 2.87. The number of hydrogen-bond donors (Lipinski definition) is 0. The van der Waals surface area contributed by atoms with E-state index in [0.717, 1.165) is 0 Å². The zero-order valence-electron chi connectivity index (χ0n) is 16.9. The first-order valence-electron chi connectivity index (χ1n) is 8.70. The maximum absolute atomic E-state index is 12.6. The smallest absolute Gasteiger partial charge is 0.193 e. The third kappa shape index (κ3) is 1.72. The molecular formula is C13H10O. The second-order valence-electron chi connectivity index (χ2n) is 2.33. The van der Waals surface area contributed by atoms with Gasteiger partial charge in [0.2, 0.25) is 0 Å². The second kappa shape index (κ2) is 3.88. The predicted octanol–water partition coefficient (Wildman–Crippen LogP) is 2.92. The summed E-state index contributed by atoms with van der Waals surface area (Å²) in [6.07, 6.45) is 0. The Hall–Kier alpha value is -1.89. The van der Waals surface area contributed by atoms with Crippen LogP contribution < -0.4 is 0 Å². The zero-order valence-corrected chi connectivity index (χ0v) is 6.91. The molecule has 1 heteroatoms. The van der Waals surface area contributed by atoms with Crippen molar-refractivity contribution in [2.45, 2.75) is 0 Å². The standard InChI is InChI=1S/C13H10O/c14-13(11-7-3-1-4-8-11)12-9-5-2-6-10-12/h1-10H/i1D,2D,3D,4D,5D,6D,7D,8D,9D,10D. The first-order chi connectivity index (χ1) is 11.0. The molecule has 0 unspecified atom stereocenters. The summed E-state index contributed by atoms with van der Waals surface area (Å²) < 4.78 is 76.3. The van der Waals surface area contributed by atoms with Gasteiger partial charge in [-0.2, -0.15) is 0 Å². The van der Waals surface area contributed by atoms with Crippen LogP contribution in [-0.2, 0) is 0 Å². The third-order valence-corrected chi connectivity index (χ3v) is 1.45. The van der Waals surface area contributed by atoms with Crippen LogP contribution >= 0.6 is 0 Å². The summed E-state index contributed by atoms with van der Waals surface area (Å²) in [7, 11) is 0. The maximum atomic E-state index is 12.6. The van der Waals surface area contributed by atoms with Gasteiger partial charge in [0, 0.05) is 11.1 Å². The minimum atomic E-state index is -1.22. The monoisotopic (exact) mass is 192 g/mol. The van der Waals surface area contributed by atoms with Gasteiger partial charge in [-0.1, -0.05) is 60.4 Å². The summed E-state index contributed by atoms with van der Waals surface area (Å²) in [5.74, 6) is -1.22. The lowest BCUT2D eigenvalue weighted by atomic mass is 10.0. The molecule has 2 rings (SSSR count). The molecule has 0 aliphatic heterocycles. The molecule has 68 valence electrons. The zero-order chi connectivity index (χ0) is 18.5. The first kappa shape index (κ1) is 2.80. The molecule has 0 spiro atoms. The van der Waals surface area contributed by atoms with Gasteiger partial charge in [0.05, 0.1) is 13.7 Å². The van der Waals surface area contributed by atoms with Crippen molar-refractivity contribution in [2.75, 3.05) is 0 Å². The lowest BCUT2D eigenvalue weighted by Crippen LogP contribution is -1.99. The Morgan fingerprint density at radius 3 is 1.50 bits per heavy atom. The van der Waals surface area contributed by atoms with Gasteiger partial charge in [-0.3, -0.25) is 4.79 Å².